The minimum atomic E-state index is -1.32. The van der Waals surface area contributed by atoms with Gasteiger partial charge in [0, 0.05) is 22.9 Å². The highest BCUT2D eigenvalue weighted by molar-refractivity contribution is 7.85. The Morgan fingerprint density at radius 1 is 1.30 bits per heavy atom. The van der Waals surface area contributed by atoms with Crippen LogP contribution in [0.25, 0.3) is 22.7 Å². The van der Waals surface area contributed by atoms with Crippen molar-refractivity contribution >= 4 is 22.1 Å². The molecule has 20 heavy (non-hydrogen) atoms. The van der Waals surface area contributed by atoms with Gasteiger partial charge in [0.05, 0.1) is 16.9 Å². The number of imidazole rings is 1. The summed E-state index contributed by atoms with van der Waals surface area (Å²) < 4.78 is 11.8. The maximum atomic E-state index is 11.8. The molecule has 3 aromatic rings. The van der Waals surface area contributed by atoms with Crippen molar-refractivity contribution in [2.75, 3.05) is 5.75 Å². The number of nitriles is 1. The van der Waals surface area contributed by atoms with E-state index in [1.165, 1.54) is 0 Å². The van der Waals surface area contributed by atoms with Gasteiger partial charge in [0.1, 0.15) is 11.6 Å². The van der Waals surface area contributed by atoms with Gasteiger partial charge < -0.3 is 4.98 Å². The van der Waals surface area contributed by atoms with Crippen LogP contribution < -0.4 is 0 Å². The molecule has 0 bridgehead atoms. The standard InChI is InChI=1S/C13H9N5OS/c14-4-7-20(19)10-3-1-2-9(8-10)11-17-12-13(18-11)16-6-5-15-12/h1-3,5-6,8H,7H2,(H,15,16,17,18). The lowest BCUT2D eigenvalue weighted by molar-refractivity contribution is 0.685. The number of H-pyrrole nitrogens is 1. The maximum absolute atomic E-state index is 11.8. The highest BCUT2D eigenvalue weighted by Crippen LogP contribution is 2.20. The summed E-state index contributed by atoms with van der Waals surface area (Å²) >= 11 is 0. The Balaban J connectivity index is 2.04. The molecule has 2 aromatic heterocycles. The van der Waals surface area contributed by atoms with Crippen LogP contribution in [0.3, 0.4) is 0 Å². The van der Waals surface area contributed by atoms with Gasteiger partial charge in [0.15, 0.2) is 11.3 Å². The lowest BCUT2D eigenvalue weighted by Gasteiger charge is -2.00. The molecule has 2 heterocycles. The normalized spacial score (nSPS) is 12.2. The Labute approximate surface area is 117 Å². The first-order valence-electron chi connectivity index (χ1n) is 5.80. The molecular formula is C13H9N5OS. The summed E-state index contributed by atoms with van der Waals surface area (Å²) in [6, 6.07) is 9.03. The van der Waals surface area contributed by atoms with Gasteiger partial charge in [-0.15, -0.1) is 0 Å². The zero-order valence-electron chi connectivity index (χ0n) is 10.3. The lowest BCUT2D eigenvalue weighted by atomic mass is 10.2. The summed E-state index contributed by atoms with van der Waals surface area (Å²) in [6.07, 6.45) is 3.16. The molecule has 0 saturated heterocycles. The molecule has 0 saturated carbocycles. The van der Waals surface area contributed by atoms with Crippen LogP contribution in [0.5, 0.6) is 0 Å². The van der Waals surface area contributed by atoms with E-state index in [4.69, 9.17) is 5.26 Å². The number of hydrogen-bond acceptors (Lipinski definition) is 5. The number of hydrogen-bond donors (Lipinski definition) is 1. The van der Waals surface area contributed by atoms with E-state index in [0.29, 0.717) is 22.0 Å². The molecule has 0 fully saturated rings. The van der Waals surface area contributed by atoms with Crippen LogP contribution in [-0.2, 0) is 10.8 Å². The first-order valence-corrected chi connectivity index (χ1v) is 7.12. The second-order valence-electron chi connectivity index (χ2n) is 3.99. The summed E-state index contributed by atoms with van der Waals surface area (Å²) in [5.74, 6) is 0.592. The van der Waals surface area contributed by atoms with Crippen molar-refractivity contribution in [1.82, 2.24) is 19.9 Å². The Morgan fingerprint density at radius 2 is 2.15 bits per heavy atom. The summed E-state index contributed by atoms with van der Waals surface area (Å²) in [7, 11) is -1.32. The van der Waals surface area contributed by atoms with Crippen molar-refractivity contribution in [3.8, 4) is 17.5 Å². The molecule has 6 nitrogen and oxygen atoms in total. The predicted octanol–water partition coefficient (Wildman–Crippen LogP) is 1.65. The number of aromatic amines is 1. The third kappa shape index (κ3) is 2.29. The maximum Gasteiger partial charge on any atom is 0.197 e. The van der Waals surface area contributed by atoms with E-state index in [0.717, 1.165) is 5.56 Å². The summed E-state index contributed by atoms with van der Waals surface area (Å²) in [5, 5.41) is 8.60. The van der Waals surface area contributed by atoms with Gasteiger partial charge >= 0.3 is 0 Å². The molecule has 3 rings (SSSR count). The molecule has 0 aliphatic heterocycles. The van der Waals surface area contributed by atoms with Crippen LogP contribution in [0.1, 0.15) is 0 Å². The molecule has 0 amide bonds. The van der Waals surface area contributed by atoms with Crippen molar-refractivity contribution in [1.29, 1.82) is 5.26 Å². The topological polar surface area (TPSA) is 95.3 Å². The van der Waals surface area contributed by atoms with Crippen molar-refractivity contribution in [2.24, 2.45) is 0 Å². The fourth-order valence-electron chi connectivity index (χ4n) is 1.81. The first-order chi connectivity index (χ1) is 9.78. The first kappa shape index (κ1) is 12.4. The number of nitrogens with one attached hydrogen (secondary N) is 1. The smallest absolute Gasteiger partial charge is 0.197 e. The van der Waals surface area contributed by atoms with Crippen molar-refractivity contribution in [3.63, 3.8) is 0 Å². The fraction of sp³-hybridized carbons (Fsp3) is 0.0769. The molecule has 1 N–H and O–H groups in total. The summed E-state index contributed by atoms with van der Waals surface area (Å²) in [6.45, 7) is 0. The summed E-state index contributed by atoms with van der Waals surface area (Å²) in [4.78, 5) is 16.2. The van der Waals surface area contributed by atoms with E-state index in [1.54, 1.807) is 30.6 Å². The van der Waals surface area contributed by atoms with Gasteiger partial charge in [-0.2, -0.15) is 5.26 Å². The minimum Gasteiger partial charge on any atom is -0.321 e. The van der Waals surface area contributed by atoms with Crippen molar-refractivity contribution in [2.45, 2.75) is 4.90 Å². The molecule has 1 aromatic carbocycles. The largest absolute Gasteiger partial charge is 0.321 e. The van der Waals surface area contributed by atoms with E-state index in [9.17, 15) is 4.21 Å². The Bertz CT molecular complexity index is 803. The zero-order chi connectivity index (χ0) is 13.9. The fourth-order valence-corrected chi connectivity index (χ4v) is 2.58. The van der Waals surface area contributed by atoms with E-state index in [2.05, 4.69) is 19.9 Å². The molecule has 98 valence electrons. The van der Waals surface area contributed by atoms with Crippen molar-refractivity contribution < 1.29 is 4.21 Å². The third-order valence-electron chi connectivity index (χ3n) is 2.70. The van der Waals surface area contributed by atoms with Gasteiger partial charge in [-0.1, -0.05) is 12.1 Å². The lowest BCUT2D eigenvalue weighted by Crippen LogP contribution is -1.95. The Morgan fingerprint density at radius 3 is 2.95 bits per heavy atom. The average Bonchev–Trinajstić information content (AvgIpc) is 2.91. The molecule has 0 aliphatic carbocycles. The number of fused-ring (bicyclic) bond motifs is 1. The SMILES string of the molecule is N#CCS(=O)c1cccc(-c2nc3nccnc3[nH]2)c1. The second-order valence-corrected chi connectivity index (χ2v) is 5.44. The van der Waals surface area contributed by atoms with E-state index >= 15 is 0 Å². The highest BCUT2D eigenvalue weighted by Gasteiger charge is 2.09. The molecule has 1 unspecified atom stereocenters. The average molecular weight is 283 g/mol. The monoisotopic (exact) mass is 283 g/mol. The molecule has 0 radical (unpaired) electrons. The third-order valence-corrected chi connectivity index (χ3v) is 3.87. The molecular weight excluding hydrogens is 274 g/mol. The summed E-state index contributed by atoms with van der Waals surface area (Å²) in [5.41, 5.74) is 1.92. The van der Waals surface area contributed by atoms with Gasteiger partial charge in [0.2, 0.25) is 0 Å². The van der Waals surface area contributed by atoms with Gasteiger partial charge in [0.25, 0.3) is 0 Å². The zero-order valence-corrected chi connectivity index (χ0v) is 11.1. The van der Waals surface area contributed by atoms with Crippen LogP contribution in [0.2, 0.25) is 0 Å². The van der Waals surface area contributed by atoms with E-state index in [-0.39, 0.29) is 5.75 Å². The van der Waals surface area contributed by atoms with Crippen LogP contribution in [0.15, 0.2) is 41.6 Å². The molecule has 7 heteroatoms. The molecule has 0 aliphatic rings. The van der Waals surface area contributed by atoms with E-state index < -0.39 is 10.8 Å². The quantitative estimate of drug-likeness (QED) is 0.788. The highest BCUT2D eigenvalue weighted by atomic mass is 32.2. The van der Waals surface area contributed by atoms with Crippen LogP contribution in [0, 0.1) is 11.3 Å². The number of benzene rings is 1. The number of rotatable bonds is 3. The van der Waals surface area contributed by atoms with Crippen LogP contribution in [-0.4, -0.2) is 29.9 Å². The minimum absolute atomic E-state index is 0.0211. The Kier molecular flexibility index (Phi) is 3.23. The second kappa shape index (κ2) is 5.19. The number of nitrogens with zero attached hydrogens (tertiary/aromatic N) is 4. The predicted molar refractivity (Wildman–Crippen MR) is 74.0 cm³/mol. The molecule has 0 spiro atoms. The van der Waals surface area contributed by atoms with Gasteiger partial charge in [-0.3, -0.25) is 4.21 Å². The van der Waals surface area contributed by atoms with Crippen molar-refractivity contribution in [3.05, 3.63) is 36.7 Å². The number of aromatic nitrogens is 4. The van der Waals surface area contributed by atoms with Crippen LogP contribution >= 0.6 is 0 Å². The van der Waals surface area contributed by atoms with Crippen LogP contribution in [0.4, 0.5) is 0 Å². The van der Waals surface area contributed by atoms with Gasteiger partial charge in [-0.05, 0) is 12.1 Å². The Hall–Kier alpha value is -2.59. The van der Waals surface area contributed by atoms with Gasteiger partial charge in [-0.25, -0.2) is 15.0 Å². The van der Waals surface area contributed by atoms with E-state index in [1.807, 2.05) is 12.1 Å². The molecule has 1 atom stereocenters.